The second-order valence-electron chi connectivity index (χ2n) is 19.2. The van der Waals surface area contributed by atoms with E-state index in [1.165, 1.54) is 39.5 Å². The first-order valence-corrected chi connectivity index (χ1v) is 24.5. The maximum atomic E-state index is 5.92. The fourth-order valence-electron chi connectivity index (χ4n) is 12.5. The minimum atomic E-state index is 0.199. The molecular formula is C60H64N2O2. The largest absolute Gasteiger partial charge is 0.501 e. The third kappa shape index (κ3) is 7.82. The average Bonchev–Trinajstić information content (AvgIpc) is 3.36. The smallest absolute Gasteiger partial charge is 0.0979 e. The number of hydrogen-bond donors (Lipinski definition) is 0. The first-order chi connectivity index (χ1) is 31.6. The molecule has 5 unspecified atom stereocenters. The number of methoxy groups -OCH3 is 2. The highest BCUT2D eigenvalue weighted by Crippen LogP contribution is 2.57. The van der Waals surface area contributed by atoms with E-state index >= 15 is 0 Å². The van der Waals surface area contributed by atoms with Crippen LogP contribution in [0.5, 0.6) is 0 Å². The number of benzene rings is 1. The first-order valence-electron chi connectivity index (χ1n) is 24.5. The van der Waals surface area contributed by atoms with E-state index in [2.05, 4.69) is 150 Å². The Morgan fingerprint density at radius 1 is 0.594 bits per heavy atom. The van der Waals surface area contributed by atoms with E-state index in [1.807, 2.05) is 14.2 Å². The molecule has 0 amide bonds. The maximum absolute atomic E-state index is 5.92. The van der Waals surface area contributed by atoms with Gasteiger partial charge in [-0.2, -0.15) is 0 Å². The van der Waals surface area contributed by atoms with Gasteiger partial charge in [0.1, 0.15) is 0 Å². The van der Waals surface area contributed by atoms with Crippen molar-refractivity contribution in [2.24, 2.45) is 11.8 Å². The van der Waals surface area contributed by atoms with E-state index in [9.17, 15) is 0 Å². The number of fused-ring (bicyclic) bond motifs is 2. The van der Waals surface area contributed by atoms with E-state index in [1.54, 1.807) is 33.4 Å². The lowest BCUT2D eigenvalue weighted by Crippen LogP contribution is -2.37. The summed E-state index contributed by atoms with van der Waals surface area (Å²) in [6.07, 6.45) is 63.9. The highest BCUT2D eigenvalue weighted by molar-refractivity contribution is 5.64. The van der Waals surface area contributed by atoms with Gasteiger partial charge in [-0.25, -0.2) is 0 Å². The predicted molar refractivity (Wildman–Crippen MR) is 263 cm³/mol. The number of hydrogen-bond acceptors (Lipinski definition) is 4. The van der Waals surface area contributed by atoms with E-state index in [0.29, 0.717) is 11.8 Å². The van der Waals surface area contributed by atoms with Gasteiger partial charge in [0.2, 0.25) is 0 Å². The minimum absolute atomic E-state index is 0.199. The molecule has 0 aromatic heterocycles. The normalized spacial score (nSPS) is 27.9. The van der Waals surface area contributed by atoms with Crippen LogP contribution >= 0.6 is 0 Å². The molecule has 4 nitrogen and oxygen atoms in total. The van der Waals surface area contributed by atoms with Crippen molar-refractivity contribution in [2.75, 3.05) is 14.2 Å². The van der Waals surface area contributed by atoms with E-state index in [0.717, 1.165) is 108 Å². The highest BCUT2D eigenvalue weighted by atomic mass is 16.5. The molecule has 10 aliphatic carbocycles. The molecule has 326 valence electrons. The molecule has 0 saturated carbocycles. The lowest BCUT2D eigenvalue weighted by atomic mass is 9.60. The summed E-state index contributed by atoms with van der Waals surface area (Å²) in [6.45, 7) is 0. The Kier molecular flexibility index (Phi) is 11.5. The number of ether oxygens (including phenoxy) is 2. The summed E-state index contributed by atoms with van der Waals surface area (Å²) in [5.41, 5.74) is 19.3. The van der Waals surface area contributed by atoms with Gasteiger partial charge >= 0.3 is 0 Å². The van der Waals surface area contributed by atoms with Crippen LogP contribution in [0.4, 0.5) is 0 Å². The van der Waals surface area contributed by atoms with Gasteiger partial charge in [0, 0.05) is 47.5 Å². The van der Waals surface area contributed by atoms with Gasteiger partial charge in [-0.05, 0) is 170 Å². The summed E-state index contributed by atoms with van der Waals surface area (Å²) in [5.74, 6) is 3.08. The van der Waals surface area contributed by atoms with Crippen LogP contribution in [0.15, 0.2) is 201 Å². The quantitative estimate of drug-likeness (QED) is 0.234. The standard InChI is InChI=1S/C60H64N2O2/c1-63-53-25-13-23-49(37-53)61(47-19-5-3-6-20-47)51-31-33-55-57(39-51)59(45-29-27-41-15-9-11-17-43(41)35-45)56-34-32-52(40-58(56)60(55)46-30-28-42-16-10-12-18-44(42)36-46)62(48-21-7-4-8-22-48)50-24-14-26-54(38-50)64-2/h3,5-7,11-12,14,17-19,21-24,26-30,36-37,39-40,45,47,50,55,60H,4,8-10,13,15-16,20,25,31-35,38H2,1-2H3. The van der Waals surface area contributed by atoms with Crippen molar-refractivity contribution < 1.29 is 9.47 Å². The van der Waals surface area contributed by atoms with Gasteiger partial charge in [-0.1, -0.05) is 109 Å². The zero-order chi connectivity index (χ0) is 43.0. The van der Waals surface area contributed by atoms with Crippen LogP contribution in [0, 0.1) is 11.8 Å². The van der Waals surface area contributed by atoms with Crippen molar-refractivity contribution in [3.05, 3.63) is 218 Å². The summed E-state index contributed by atoms with van der Waals surface area (Å²) in [4.78, 5) is 5.37. The van der Waals surface area contributed by atoms with E-state index < -0.39 is 0 Å². The lowest BCUT2D eigenvalue weighted by molar-refractivity contribution is 0.244. The molecule has 0 fully saturated rings. The predicted octanol–water partition coefficient (Wildman–Crippen LogP) is 14.3. The summed E-state index contributed by atoms with van der Waals surface area (Å²) in [6, 6.07) is 8.02. The van der Waals surface area contributed by atoms with Gasteiger partial charge in [-0.15, -0.1) is 0 Å². The number of rotatable bonds is 10. The summed E-state index contributed by atoms with van der Waals surface area (Å²) in [5, 5.41) is 0. The van der Waals surface area contributed by atoms with Crippen molar-refractivity contribution >= 4 is 6.08 Å². The molecule has 0 saturated heterocycles. The molecule has 1 aromatic rings. The SMILES string of the molecule is COC1=CC(N(C2=CC3=C(C4C=CC5=C(C=CCC5)C4)C4=C(C=C(N(C5=CCCC=C5)C5C=CC=C(OC)C5)CC4)C(c4ccc5c(c4)C=CCC5)C3CC2)C2C=CC=CC2)=CCC1. The molecule has 0 N–H and O–H groups in total. The van der Waals surface area contributed by atoms with Crippen LogP contribution < -0.4 is 0 Å². The van der Waals surface area contributed by atoms with Crippen molar-refractivity contribution in [1.29, 1.82) is 0 Å². The number of aryl methyl sites for hydroxylation is 1. The Labute approximate surface area is 382 Å². The van der Waals surface area contributed by atoms with E-state index in [-0.39, 0.29) is 18.0 Å². The Morgan fingerprint density at radius 3 is 2.30 bits per heavy atom. The second kappa shape index (κ2) is 18.0. The molecule has 5 atom stereocenters. The summed E-state index contributed by atoms with van der Waals surface area (Å²) >= 11 is 0. The molecule has 0 aliphatic heterocycles. The van der Waals surface area contributed by atoms with E-state index in [4.69, 9.17) is 9.47 Å². The molecule has 0 bridgehead atoms. The van der Waals surface area contributed by atoms with Crippen LogP contribution in [0.1, 0.15) is 112 Å². The molecule has 0 spiro atoms. The van der Waals surface area contributed by atoms with Gasteiger partial charge < -0.3 is 19.3 Å². The van der Waals surface area contributed by atoms with Crippen LogP contribution in [0.3, 0.4) is 0 Å². The minimum Gasteiger partial charge on any atom is -0.501 e. The molecule has 64 heavy (non-hydrogen) atoms. The molecule has 10 aliphatic rings. The Bertz CT molecular complexity index is 2590. The van der Waals surface area contributed by atoms with Gasteiger partial charge in [0.25, 0.3) is 0 Å². The maximum Gasteiger partial charge on any atom is 0.0979 e. The third-order valence-corrected chi connectivity index (χ3v) is 15.5. The van der Waals surface area contributed by atoms with Crippen LogP contribution in [0.25, 0.3) is 6.08 Å². The summed E-state index contributed by atoms with van der Waals surface area (Å²) < 4.78 is 11.8. The molecular weight excluding hydrogens is 781 g/mol. The van der Waals surface area contributed by atoms with Crippen LogP contribution in [0.2, 0.25) is 0 Å². The number of nitrogens with zero attached hydrogens (tertiary/aromatic N) is 2. The number of allylic oxidation sites excluding steroid dienone is 25. The van der Waals surface area contributed by atoms with Gasteiger partial charge in [0.15, 0.2) is 0 Å². The van der Waals surface area contributed by atoms with Gasteiger partial charge in [-0.3, -0.25) is 0 Å². The fraction of sp³-hybridized carbons (Fsp3) is 0.367. The zero-order valence-corrected chi connectivity index (χ0v) is 38.0. The average molecular weight is 845 g/mol. The third-order valence-electron chi connectivity index (χ3n) is 15.5. The molecule has 1 aromatic carbocycles. The Hall–Kier alpha value is -5.74. The Balaban J connectivity index is 1.11. The summed E-state index contributed by atoms with van der Waals surface area (Å²) in [7, 11) is 3.66. The van der Waals surface area contributed by atoms with Crippen LogP contribution in [-0.2, 0) is 15.9 Å². The fourth-order valence-corrected chi connectivity index (χ4v) is 12.5. The molecule has 0 radical (unpaired) electrons. The molecule has 0 heterocycles. The van der Waals surface area contributed by atoms with Crippen molar-refractivity contribution in [1.82, 2.24) is 9.80 Å². The van der Waals surface area contributed by atoms with Gasteiger partial charge in [0.05, 0.1) is 37.8 Å². The second-order valence-corrected chi connectivity index (χ2v) is 19.2. The monoisotopic (exact) mass is 844 g/mol. The molecule has 11 rings (SSSR count). The highest BCUT2D eigenvalue weighted by Gasteiger charge is 2.43. The van der Waals surface area contributed by atoms with Crippen molar-refractivity contribution in [3.63, 3.8) is 0 Å². The molecule has 4 heteroatoms. The van der Waals surface area contributed by atoms with Crippen molar-refractivity contribution in [2.45, 2.75) is 114 Å². The Morgan fingerprint density at radius 2 is 1.42 bits per heavy atom. The topological polar surface area (TPSA) is 24.9 Å². The first kappa shape index (κ1) is 41.0. The lowest BCUT2D eigenvalue weighted by Gasteiger charge is -2.47. The zero-order valence-electron chi connectivity index (χ0n) is 38.0. The van der Waals surface area contributed by atoms with Crippen molar-refractivity contribution in [3.8, 4) is 0 Å². The van der Waals surface area contributed by atoms with Crippen LogP contribution in [-0.4, -0.2) is 36.1 Å².